The van der Waals surface area contributed by atoms with Crippen molar-refractivity contribution in [3.05, 3.63) is 81.0 Å². The van der Waals surface area contributed by atoms with E-state index in [2.05, 4.69) is 15.4 Å². The van der Waals surface area contributed by atoms with Gasteiger partial charge in [-0.25, -0.2) is 4.68 Å². The molecule has 0 aliphatic carbocycles. The number of nitrogens with zero attached hydrogens (tertiary/aromatic N) is 4. The summed E-state index contributed by atoms with van der Waals surface area (Å²) in [7, 11) is 0. The average molecular weight is 438 g/mol. The van der Waals surface area contributed by atoms with Crippen LogP contribution in [0.3, 0.4) is 0 Å². The number of aromatic hydroxyl groups is 1. The summed E-state index contributed by atoms with van der Waals surface area (Å²) in [5.74, 6) is 0.418. The monoisotopic (exact) mass is 438 g/mol. The number of nitrogens with two attached hydrogens (primary N) is 1. The SMILES string of the molecule is CC1=C(C(N)=O)C(c2cccc(O)c2)n2nc(SCc3ccc([N+](=O)[O-])cc3)nc2N1. The number of amides is 1. The highest BCUT2D eigenvalue weighted by molar-refractivity contribution is 7.98. The zero-order valence-corrected chi connectivity index (χ0v) is 17.2. The van der Waals surface area contributed by atoms with Gasteiger partial charge in [0.2, 0.25) is 17.0 Å². The molecule has 10 nitrogen and oxygen atoms in total. The van der Waals surface area contributed by atoms with Crippen LogP contribution in [0.1, 0.15) is 24.1 Å². The number of benzene rings is 2. The number of fused-ring (bicyclic) bond motifs is 1. The fourth-order valence-corrected chi connectivity index (χ4v) is 4.16. The molecule has 0 radical (unpaired) electrons. The van der Waals surface area contributed by atoms with Crippen LogP contribution in [0.2, 0.25) is 0 Å². The Kier molecular flexibility index (Phi) is 5.34. The summed E-state index contributed by atoms with van der Waals surface area (Å²) >= 11 is 1.36. The molecular formula is C20H18N6O4S. The first kappa shape index (κ1) is 20.4. The number of rotatable bonds is 6. The molecule has 1 aliphatic heterocycles. The van der Waals surface area contributed by atoms with Gasteiger partial charge in [0.05, 0.1) is 10.5 Å². The number of anilines is 1. The lowest BCUT2D eigenvalue weighted by atomic mass is 9.95. The first-order chi connectivity index (χ1) is 14.8. The molecule has 4 rings (SSSR count). The van der Waals surface area contributed by atoms with Gasteiger partial charge in [0.25, 0.3) is 5.69 Å². The summed E-state index contributed by atoms with van der Waals surface area (Å²) in [6, 6.07) is 12.2. The van der Waals surface area contributed by atoms with E-state index >= 15 is 0 Å². The maximum Gasteiger partial charge on any atom is 0.269 e. The van der Waals surface area contributed by atoms with Crippen LogP contribution in [0.5, 0.6) is 5.75 Å². The molecule has 0 spiro atoms. The molecule has 1 aliphatic rings. The Morgan fingerprint density at radius 1 is 1.32 bits per heavy atom. The molecule has 1 atom stereocenters. The number of nitro benzene ring substituents is 1. The van der Waals surface area contributed by atoms with Gasteiger partial charge in [-0.2, -0.15) is 4.98 Å². The predicted octanol–water partition coefficient (Wildman–Crippen LogP) is 2.96. The van der Waals surface area contributed by atoms with Crippen molar-refractivity contribution >= 4 is 29.3 Å². The number of phenolic OH excluding ortho intramolecular Hbond substituents is 1. The number of carbonyl (C=O) groups excluding carboxylic acids is 1. The largest absolute Gasteiger partial charge is 0.508 e. The molecule has 31 heavy (non-hydrogen) atoms. The fourth-order valence-electron chi connectivity index (χ4n) is 3.38. The summed E-state index contributed by atoms with van der Waals surface area (Å²) in [4.78, 5) is 27.0. The van der Waals surface area contributed by atoms with Crippen LogP contribution in [0, 0.1) is 10.1 Å². The second-order valence-corrected chi connectivity index (χ2v) is 7.84. The number of carbonyl (C=O) groups is 1. The Labute approximate surface area is 180 Å². The van der Waals surface area contributed by atoms with Gasteiger partial charge in [0, 0.05) is 23.6 Å². The zero-order chi connectivity index (χ0) is 22.1. The molecule has 2 aromatic carbocycles. The molecule has 3 aromatic rings. The number of thioether (sulfide) groups is 1. The number of phenols is 1. The van der Waals surface area contributed by atoms with E-state index in [-0.39, 0.29) is 11.4 Å². The van der Waals surface area contributed by atoms with Gasteiger partial charge < -0.3 is 16.2 Å². The lowest BCUT2D eigenvalue weighted by molar-refractivity contribution is -0.384. The Hall–Kier alpha value is -3.86. The molecule has 11 heteroatoms. The van der Waals surface area contributed by atoms with E-state index in [1.54, 1.807) is 48.0 Å². The molecule has 0 saturated heterocycles. The van der Waals surface area contributed by atoms with E-state index in [1.165, 1.54) is 23.9 Å². The standard InChI is InChI=1S/C20H18N6O4S/c1-11-16(18(21)28)17(13-3-2-4-15(27)9-13)25-19(22-11)23-20(24-25)31-10-12-5-7-14(8-6-12)26(29)30/h2-9,17,27H,10H2,1H3,(H2,21,28)(H,22,23,24). The first-order valence-corrected chi connectivity index (χ1v) is 10.2. The Bertz CT molecular complexity index is 1200. The summed E-state index contributed by atoms with van der Waals surface area (Å²) < 4.78 is 1.57. The van der Waals surface area contributed by atoms with Crippen LogP contribution in [-0.4, -0.2) is 30.7 Å². The molecule has 4 N–H and O–H groups in total. The molecular weight excluding hydrogens is 420 g/mol. The van der Waals surface area contributed by atoms with E-state index in [0.29, 0.717) is 33.7 Å². The summed E-state index contributed by atoms with van der Waals surface area (Å²) in [5.41, 5.74) is 8.09. The van der Waals surface area contributed by atoms with E-state index in [0.717, 1.165) is 5.56 Å². The predicted molar refractivity (Wildman–Crippen MR) is 114 cm³/mol. The van der Waals surface area contributed by atoms with E-state index in [4.69, 9.17) is 5.73 Å². The summed E-state index contributed by atoms with van der Waals surface area (Å²) in [5, 5.41) is 28.8. The third-order valence-corrected chi connectivity index (χ3v) is 5.71. The fraction of sp³-hybridized carbons (Fsp3) is 0.150. The number of allylic oxidation sites excluding steroid dienone is 1. The molecule has 158 valence electrons. The highest BCUT2D eigenvalue weighted by Gasteiger charge is 2.33. The Balaban J connectivity index is 1.63. The molecule has 1 aromatic heterocycles. The topological polar surface area (TPSA) is 149 Å². The van der Waals surface area contributed by atoms with Gasteiger partial charge in [-0.15, -0.1) is 5.10 Å². The zero-order valence-electron chi connectivity index (χ0n) is 16.3. The number of aromatic nitrogens is 3. The molecule has 0 saturated carbocycles. The van der Waals surface area contributed by atoms with Gasteiger partial charge in [-0.3, -0.25) is 14.9 Å². The van der Waals surface area contributed by atoms with Crippen molar-refractivity contribution in [2.45, 2.75) is 23.9 Å². The van der Waals surface area contributed by atoms with Crippen LogP contribution in [-0.2, 0) is 10.5 Å². The number of non-ortho nitro benzene ring substituents is 1. The van der Waals surface area contributed by atoms with Gasteiger partial charge >= 0.3 is 0 Å². The molecule has 0 bridgehead atoms. The lowest BCUT2D eigenvalue weighted by Crippen LogP contribution is -2.31. The van der Waals surface area contributed by atoms with Crippen molar-refractivity contribution < 1.29 is 14.8 Å². The van der Waals surface area contributed by atoms with Gasteiger partial charge in [0.15, 0.2) is 0 Å². The normalized spacial score (nSPS) is 15.3. The summed E-state index contributed by atoms with van der Waals surface area (Å²) in [6.07, 6.45) is 0. The van der Waals surface area contributed by atoms with Crippen LogP contribution in [0.4, 0.5) is 11.6 Å². The quantitative estimate of drug-likeness (QED) is 0.302. The van der Waals surface area contributed by atoms with Crippen LogP contribution >= 0.6 is 11.8 Å². The Morgan fingerprint density at radius 3 is 2.71 bits per heavy atom. The van der Waals surface area contributed by atoms with Crippen molar-refractivity contribution in [2.24, 2.45) is 5.73 Å². The highest BCUT2D eigenvalue weighted by Crippen LogP contribution is 2.37. The minimum Gasteiger partial charge on any atom is -0.508 e. The number of hydrogen-bond acceptors (Lipinski definition) is 8. The third kappa shape index (κ3) is 4.08. The highest BCUT2D eigenvalue weighted by atomic mass is 32.2. The van der Waals surface area contributed by atoms with Crippen LogP contribution in [0.25, 0.3) is 0 Å². The van der Waals surface area contributed by atoms with E-state index < -0.39 is 16.9 Å². The molecule has 2 heterocycles. The van der Waals surface area contributed by atoms with Gasteiger partial charge in [-0.05, 0) is 30.2 Å². The average Bonchev–Trinajstić information content (AvgIpc) is 3.13. The maximum atomic E-state index is 12.2. The minimum atomic E-state index is -0.637. The molecule has 0 fully saturated rings. The lowest BCUT2D eigenvalue weighted by Gasteiger charge is -2.27. The number of nitrogens with one attached hydrogen (secondary N) is 1. The van der Waals surface area contributed by atoms with E-state index in [1.807, 2.05) is 0 Å². The van der Waals surface area contributed by atoms with E-state index in [9.17, 15) is 20.0 Å². The number of nitro groups is 1. The van der Waals surface area contributed by atoms with Gasteiger partial charge in [-0.1, -0.05) is 36.0 Å². The van der Waals surface area contributed by atoms with Crippen molar-refractivity contribution in [2.75, 3.05) is 5.32 Å². The number of primary amides is 1. The van der Waals surface area contributed by atoms with Crippen molar-refractivity contribution in [1.82, 2.24) is 14.8 Å². The third-order valence-electron chi connectivity index (χ3n) is 4.80. The van der Waals surface area contributed by atoms with Crippen molar-refractivity contribution in [1.29, 1.82) is 0 Å². The minimum absolute atomic E-state index is 0.0306. The van der Waals surface area contributed by atoms with Crippen LogP contribution < -0.4 is 11.1 Å². The molecule has 1 amide bonds. The first-order valence-electron chi connectivity index (χ1n) is 9.22. The Morgan fingerprint density at radius 2 is 2.06 bits per heavy atom. The smallest absolute Gasteiger partial charge is 0.269 e. The summed E-state index contributed by atoms with van der Waals surface area (Å²) in [6.45, 7) is 1.73. The number of hydrogen-bond donors (Lipinski definition) is 3. The maximum absolute atomic E-state index is 12.2. The molecule has 1 unspecified atom stereocenters. The second-order valence-electron chi connectivity index (χ2n) is 6.90. The van der Waals surface area contributed by atoms with Gasteiger partial charge in [0.1, 0.15) is 11.8 Å². The van der Waals surface area contributed by atoms with Crippen LogP contribution in [0.15, 0.2) is 65.0 Å². The van der Waals surface area contributed by atoms with Crippen molar-refractivity contribution in [3.8, 4) is 5.75 Å². The second kappa shape index (κ2) is 8.11. The van der Waals surface area contributed by atoms with Crippen molar-refractivity contribution in [3.63, 3.8) is 0 Å².